The zero-order chi connectivity index (χ0) is 19.8. The van der Waals surface area contributed by atoms with Gasteiger partial charge in [-0.3, -0.25) is 0 Å². The molecule has 0 aliphatic carbocycles. The van der Waals surface area contributed by atoms with Gasteiger partial charge >= 0.3 is 0 Å². The number of allylic oxidation sites excluding steroid dienone is 4. The van der Waals surface area contributed by atoms with Crippen molar-refractivity contribution < 1.29 is 9.47 Å². The molecule has 0 amide bonds. The highest BCUT2D eigenvalue weighted by Crippen LogP contribution is 2.57. The third kappa shape index (κ3) is 3.92. The number of benzene rings is 2. The fourth-order valence-corrected chi connectivity index (χ4v) is 9.24. The Morgan fingerprint density at radius 1 is 0.862 bits per heavy atom. The molecule has 2 aromatic rings. The third-order valence-electron chi connectivity index (χ3n) is 5.64. The summed E-state index contributed by atoms with van der Waals surface area (Å²) in [7, 11) is -0.861. The van der Waals surface area contributed by atoms with Crippen LogP contribution < -0.4 is 10.6 Å². The minimum atomic E-state index is -0.521. The van der Waals surface area contributed by atoms with Crippen LogP contribution in [0.1, 0.15) is 13.8 Å². The van der Waals surface area contributed by atoms with Crippen LogP contribution in [0.25, 0.3) is 0 Å². The van der Waals surface area contributed by atoms with Crippen molar-refractivity contribution >= 4 is 26.5 Å². The summed E-state index contributed by atoms with van der Waals surface area (Å²) >= 11 is 0. The number of fused-ring (bicyclic) bond motifs is 2. The van der Waals surface area contributed by atoms with Crippen LogP contribution >= 0.6 is 15.8 Å². The van der Waals surface area contributed by atoms with E-state index < -0.39 is 21.6 Å². The second-order valence-electron chi connectivity index (χ2n) is 8.12. The third-order valence-corrected chi connectivity index (χ3v) is 10.5. The van der Waals surface area contributed by atoms with E-state index in [1.807, 2.05) is 0 Å². The smallest absolute Gasteiger partial charge is 0.164 e. The summed E-state index contributed by atoms with van der Waals surface area (Å²) < 4.78 is 12.9. The fourth-order valence-electron chi connectivity index (χ4n) is 4.42. The van der Waals surface area contributed by atoms with Gasteiger partial charge in [0.05, 0.1) is 6.10 Å². The van der Waals surface area contributed by atoms with E-state index in [2.05, 4.69) is 98.6 Å². The lowest BCUT2D eigenvalue weighted by atomic mass is 10.1. The molecule has 5 rings (SSSR count). The van der Waals surface area contributed by atoms with Gasteiger partial charge in [-0.2, -0.15) is 0 Å². The van der Waals surface area contributed by atoms with Crippen LogP contribution in [0.4, 0.5) is 0 Å². The van der Waals surface area contributed by atoms with Gasteiger partial charge in [0.2, 0.25) is 0 Å². The number of rotatable bonds is 2. The molecular formula is C25H26O2P2. The van der Waals surface area contributed by atoms with Gasteiger partial charge in [0, 0.05) is 6.16 Å². The Balaban J connectivity index is 1.61. The Hall–Kier alpha value is -1.56. The topological polar surface area (TPSA) is 18.5 Å². The summed E-state index contributed by atoms with van der Waals surface area (Å²) in [5, 5.41) is 4.34. The van der Waals surface area contributed by atoms with E-state index in [1.54, 1.807) is 0 Å². The molecule has 148 valence electrons. The van der Waals surface area contributed by atoms with Crippen LogP contribution in [0.2, 0.25) is 0 Å². The normalized spacial score (nSPS) is 32.6. The first-order valence-electron chi connectivity index (χ1n) is 10.2. The summed E-state index contributed by atoms with van der Waals surface area (Å²) in [6, 6.07) is 21.9. The van der Waals surface area contributed by atoms with E-state index in [1.165, 1.54) is 21.5 Å². The molecule has 4 heteroatoms. The Bertz CT molecular complexity index is 963. The Morgan fingerprint density at radius 3 is 2.28 bits per heavy atom. The molecule has 0 bridgehead atoms. The Labute approximate surface area is 175 Å². The largest absolute Gasteiger partial charge is 0.344 e. The first kappa shape index (κ1) is 19.4. The minimum Gasteiger partial charge on any atom is -0.344 e. The monoisotopic (exact) mass is 420 g/mol. The van der Waals surface area contributed by atoms with Gasteiger partial charge in [-0.05, 0) is 57.3 Å². The zero-order valence-electron chi connectivity index (χ0n) is 16.9. The highest BCUT2D eigenvalue weighted by molar-refractivity contribution is 7.70. The molecule has 1 saturated heterocycles. The molecule has 29 heavy (non-hydrogen) atoms. The van der Waals surface area contributed by atoms with Gasteiger partial charge in [-0.15, -0.1) is 0 Å². The molecule has 3 aliphatic heterocycles. The number of hydrogen-bond acceptors (Lipinski definition) is 2. The molecule has 0 saturated carbocycles. The van der Waals surface area contributed by atoms with Crippen molar-refractivity contribution in [3.05, 3.63) is 95.6 Å². The highest BCUT2D eigenvalue weighted by atomic mass is 31.1. The summed E-state index contributed by atoms with van der Waals surface area (Å²) in [5.74, 6) is 1.87. The van der Waals surface area contributed by atoms with Crippen LogP contribution in [-0.4, -0.2) is 30.3 Å². The van der Waals surface area contributed by atoms with E-state index in [0.717, 1.165) is 12.3 Å². The molecule has 1 fully saturated rings. The number of ether oxygens (including phenoxy) is 2. The van der Waals surface area contributed by atoms with Crippen LogP contribution in [-0.2, 0) is 9.47 Å². The van der Waals surface area contributed by atoms with Gasteiger partial charge in [-0.25, -0.2) is 0 Å². The average molecular weight is 420 g/mol. The second kappa shape index (κ2) is 7.93. The zero-order valence-corrected chi connectivity index (χ0v) is 18.7. The van der Waals surface area contributed by atoms with E-state index >= 15 is 0 Å². The SMILES string of the molecule is CC1(C)O[C@@H]2CP(c3ccccc3)C3=C(CP(c4ccccc4)/C=C\C=C/3)[C@@H]2O1. The van der Waals surface area contributed by atoms with Crippen molar-refractivity contribution in [1.82, 2.24) is 0 Å². The van der Waals surface area contributed by atoms with Crippen LogP contribution in [0, 0.1) is 0 Å². The maximum atomic E-state index is 6.47. The maximum Gasteiger partial charge on any atom is 0.164 e. The molecule has 0 N–H and O–H groups in total. The van der Waals surface area contributed by atoms with Crippen molar-refractivity contribution in [2.75, 3.05) is 12.3 Å². The molecule has 2 aromatic carbocycles. The van der Waals surface area contributed by atoms with Crippen molar-refractivity contribution in [1.29, 1.82) is 0 Å². The van der Waals surface area contributed by atoms with Crippen molar-refractivity contribution in [2.45, 2.75) is 31.8 Å². The quantitative estimate of drug-likeness (QED) is 0.600. The van der Waals surface area contributed by atoms with Gasteiger partial charge in [0.15, 0.2) is 5.79 Å². The van der Waals surface area contributed by atoms with Crippen molar-refractivity contribution in [3.63, 3.8) is 0 Å². The minimum absolute atomic E-state index is 0.0623. The summed E-state index contributed by atoms with van der Waals surface area (Å²) in [6.45, 7) is 4.10. The highest BCUT2D eigenvalue weighted by Gasteiger charge is 2.48. The van der Waals surface area contributed by atoms with E-state index in [9.17, 15) is 0 Å². The molecule has 0 aromatic heterocycles. The molecule has 0 spiro atoms. The molecule has 4 atom stereocenters. The van der Waals surface area contributed by atoms with Gasteiger partial charge < -0.3 is 9.47 Å². The van der Waals surface area contributed by atoms with Crippen molar-refractivity contribution in [2.24, 2.45) is 0 Å². The summed E-state index contributed by atoms with van der Waals surface area (Å²) in [6.07, 6.45) is 9.08. The Morgan fingerprint density at radius 2 is 1.55 bits per heavy atom. The predicted octanol–water partition coefficient (Wildman–Crippen LogP) is 5.47. The average Bonchev–Trinajstić information content (AvgIpc) is 3.03. The van der Waals surface area contributed by atoms with Gasteiger partial charge in [-0.1, -0.05) is 84.7 Å². The molecule has 2 nitrogen and oxygen atoms in total. The lowest BCUT2D eigenvalue weighted by Crippen LogP contribution is -2.35. The van der Waals surface area contributed by atoms with Gasteiger partial charge in [0.1, 0.15) is 6.10 Å². The summed E-state index contributed by atoms with van der Waals surface area (Å²) in [5.41, 5.74) is 1.46. The van der Waals surface area contributed by atoms with E-state index in [4.69, 9.17) is 9.47 Å². The second-order valence-corrected chi connectivity index (χ2v) is 12.4. The first-order chi connectivity index (χ1) is 14.1. The lowest BCUT2D eigenvalue weighted by Gasteiger charge is -2.36. The van der Waals surface area contributed by atoms with Gasteiger partial charge in [0.25, 0.3) is 0 Å². The van der Waals surface area contributed by atoms with Crippen LogP contribution in [0.3, 0.4) is 0 Å². The lowest BCUT2D eigenvalue weighted by molar-refractivity contribution is -0.141. The van der Waals surface area contributed by atoms with E-state index in [-0.39, 0.29) is 12.2 Å². The van der Waals surface area contributed by atoms with Crippen molar-refractivity contribution in [3.8, 4) is 0 Å². The number of hydrogen-bond donors (Lipinski definition) is 0. The molecule has 3 heterocycles. The molecule has 2 unspecified atom stereocenters. The van der Waals surface area contributed by atoms with Crippen LogP contribution in [0.15, 0.2) is 95.6 Å². The van der Waals surface area contributed by atoms with Crippen LogP contribution in [0.5, 0.6) is 0 Å². The Kier molecular flexibility index (Phi) is 5.31. The summed E-state index contributed by atoms with van der Waals surface area (Å²) in [4.78, 5) is 0. The predicted molar refractivity (Wildman–Crippen MR) is 125 cm³/mol. The molecule has 0 radical (unpaired) electrons. The molecular weight excluding hydrogens is 394 g/mol. The maximum absolute atomic E-state index is 6.47. The molecule has 3 aliphatic rings. The first-order valence-corrected chi connectivity index (χ1v) is 13.3. The standard InChI is InChI=1S/C25H26O2P2/c1-25(2)26-22-18-29(20-13-7-4-8-14-20)23-15-9-10-16-28(17-21(23)24(22)27-25)19-11-5-3-6-12-19/h3-16,22,24H,17-18H2,1-2H3/b15-9-,16-10-/t22-,24+,28?,29?/m1/s1. The van der Waals surface area contributed by atoms with E-state index in [0.29, 0.717) is 0 Å². The fraction of sp³-hybridized carbons (Fsp3) is 0.280.